The van der Waals surface area contributed by atoms with Crippen LogP contribution in [0.4, 0.5) is 11.5 Å². The van der Waals surface area contributed by atoms with Gasteiger partial charge in [0.25, 0.3) is 5.91 Å². The van der Waals surface area contributed by atoms with Crippen molar-refractivity contribution in [3.63, 3.8) is 0 Å². The fourth-order valence-corrected chi connectivity index (χ4v) is 5.90. The SMILES string of the molecule is Cc1cc(C)c2c(N)c(C(=O)NC3CCc4nc(N5CCC(N)C5)ccc4C3)sc2n1. The van der Waals surface area contributed by atoms with Crippen LogP contribution in [0.3, 0.4) is 0 Å². The minimum atomic E-state index is -0.110. The highest BCUT2D eigenvalue weighted by Gasteiger charge is 2.26. The number of amides is 1. The van der Waals surface area contributed by atoms with Crippen molar-refractivity contribution >= 4 is 39.0 Å². The second-order valence-electron chi connectivity index (χ2n) is 8.79. The third-order valence-corrected chi connectivity index (χ3v) is 7.46. The number of nitrogen functional groups attached to an aromatic ring is 1. The van der Waals surface area contributed by atoms with Crippen molar-refractivity contribution in [3.05, 3.63) is 45.6 Å². The van der Waals surface area contributed by atoms with E-state index in [4.69, 9.17) is 16.5 Å². The maximum Gasteiger partial charge on any atom is 0.263 e. The van der Waals surface area contributed by atoms with E-state index in [1.165, 1.54) is 16.9 Å². The molecule has 1 amide bonds. The van der Waals surface area contributed by atoms with E-state index < -0.39 is 0 Å². The van der Waals surface area contributed by atoms with Crippen LogP contribution in [0, 0.1) is 13.8 Å². The first-order chi connectivity index (χ1) is 14.9. The lowest BCUT2D eigenvalue weighted by Gasteiger charge is -2.26. The molecule has 1 saturated heterocycles. The van der Waals surface area contributed by atoms with Crippen LogP contribution in [-0.2, 0) is 12.8 Å². The second-order valence-corrected chi connectivity index (χ2v) is 9.79. The number of fused-ring (bicyclic) bond motifs is 2. The van der Waals surface area contributed by atoms with E-state index in [-0.39, 0.29) is 18.0 Å². The average Bonchev–Trinajstić information content (AvgIpc) is 3.31. The van der Waals surface area contributed by atoms with Gasteiger partial charge in [-0.25, -0.2) is 9.97 Å². The van der Waals surface area contributed by atoms with E-state index in [0.29, 0.717) is 10.6 Å². The lowest BCUT2D eigenvalue weighted by Crippen LogP contribution is -2.39. The van der Waals surface area contributed by atoms with Crippen molar-refractivity contribution in [2.75, 3.05) is 23.7 Å². The fourth-order valence-electron chi connectivity index (χ4n) is 4.78. The molecule has 1 aliphatic heterocycles. The van der Waals surface area contributed by atoms with E-state index in [0.717, 1.165) is 71.8 Å². The number of aryl methyl sites for hydroxylation is 3. The minimum Gasteiger partial charge on any atom is -0.397 e. The van der Waals surface area contributed by atoms with Gasteiger partial charge in [-0.15, -0.1) is 11.3 Å². The van der Waals surface area contributed by atoms with Gasteiger partial charge in [0.15, 0.2) is 0 Å². The lowest BCUT2D eigenvalue weighted by molar-refractivity contribution is 0.0938. The van der Waals surface area contributed by atoms with Gasteiger partial charge >= 0.3 is 0 Å². The number of pyridine rings is 2. The topological polar surface area (TPSA) is 110 Å². The third-order valence-electron chi connectivity index (χ3n) is 6.36. The summed E-state index contributed by atoms with van der Waals surface area (Å²) in [5, 5.41) is 4.09. The number of carbonyl (C=O) groups is 1. The summed E-state index contributed by atoms with van der Waals surface area (Å²) >= 11 is 1.37. The number of nitrogens with zero attached hydrogens (tertiary/aromatic N) is 3. The van der Waals surface area contributed by atoms with Gasteiger partial charge in [0, 0.05) is 41.9 Å². The van der Waals surface area contributed by atoms with Crippen molar-refractivity contribution in [2.24, 2.45) is 5.73 Å². The molecule has 8 heteroatoms. The Morgan fingerprint density at radius 3 is 2.87 bits per heavy atom. The van der Waals surface area contributed by atoms with Crippen LogP contribution in [0.1, 0.15) is 45.0 Å². The molecule has 4 heterocycles. The zero-order chi connectivity index (χ0) is 21.7. The van der Waals surface area contributed by atoms with Gasteiger partial charge in [-0.2, -0.15) is 0 Å². The molecule has 7 nitrogen and oxygen atoms in total. The molecule has 5 rings (SSSR count). The highest BCUT2D eigenvalue weighted by atomic mass is 32.1. The summed E-state index contributed by atoms with van der Waals surface area (Å²) in [6.45, 7) is 5.81. The molecule has 1 fully saturated rings. The average molecular weight is 437 g/mol. The maximum absolute atomic E-state index is 13.0. The highest BCUT2D eigenvalue weighted by Crippen LogP contribution is 2.35. The molecule has 1 aliphatic carbocycles. The van der Waals surface area contributed by atoms with E-state index in [1.54, 1.807) is 0 Å². The molecule has 31 heavy (non-hydrogen) atoms. The fraction of sp³-hybridized carbons (Fsp3) is 0.435. The van der Waals surface area contributed by atoms with Crippen LogP contribution < -0.4 is 21.7 Å². The second kappa shape index (κ2) is 7.76. The van der Waals surface area contributed by atoms with Gasteiger partial charge < -0.3 is 21.7 Å². The number of hydrogen-bond acceptors (Lipinski definition) is 7. The van der Waals surface area contributed by atoms with E-state index >= 15 is 0 Å². The Morgan fingerprint density at radius 2 is 2.10 bits per heavy atom. The Bertz CT molecular complexity index is 1170. The first-order valence-electron chi connectivity index (χ1n) is 10.9. The van der Waals surface area contributed by atoms with Gasteiger partial charge in [-0.1, -0.05) is 6.07 Å². The van der Waals surface area contributed by atoms with Crippen LogP contribution in [0.5, 0.6) is 0 Å². The number of nitrogens with two attached hydrogens (primary N) is 2. The van der Waals surface area contributed by atoms with E-state index in [1.807, 2.05) is 19.9 Å². The molecule has 3 aromatic heterocycles. The molecular formula is C23H28N6OS. The third kappa shape index (κ3) is 3.74. The number of rotatable bonds is 3. The molecule has 0 saturated carbocycles. The highest BCUT2D eigenvalue weighted by molar-refractivity contribution is 7.21. The van der Waals surface area contributed by atoms with Crippen molar-refractivity contribution in [1.29, 1.82) is 0 Å². The van der Waals surface area contributed by atoms with Crippen LogP contribution in [0.2, 0.25) is 0 Å². The lowest BCUT2D eigenvalue weighted by atomic mass is 9.91. The monoisotopic (exact) mass is 436 g/mol. The summed E-state index contributed by atoms with van der Waals surface area (Å²) in [5.74, 6) is 0.909. The Labute approximate surface area is 185 Å². The van der Waals surface area contributed by atoms with Crippen molar-refractivity contribution in [3.8, 4) is 0 Å². The van der Waals surface area contributed by atoms with Gasteiger partial charge in [-0.3, -0.25) is 4.79 Å². The smallest absolute Gasteiger partial charge is 0.263 e. The normalized spacial score (nSPS) is 20.8. The van der Waals surface area contributed by atoms with Crippen molar-refractivity contribution < 1.29 is 4.79 Å². The summed E-state index contributed by atoms with van der Waals surface area (Å²) in [6.07, 6.45) is 3.53. The number of hydrogen-bond donors (Lipinski definition) is 3. The minimum absolute atomic E-state index is 0.0771. The van der Waals surface area contributed by atoms with Gasteiger partial charge in [0.05, 0.1) is 5.69 Å². The molecule has 0 bridgehead atoms. The van der Waals surface area contributed by atoms with Gasteiger partial charge in [0.1, 0.15) is 15.5 Å². The molecule has 2 aliphatic rings. The number of carbonyl (C=O) groups excluding carboxylic acids is 1. The predicted octanol–water partition coefficient (Wildman–Crippen LogP) is 2.72. The number of thiophene rings is 1. The maximum atomic E-state index is 13.0. The largest absolute Gasteiger partial charge is 0.397 e. The Balaban J connectivity index is 1.31. The number of aromatic nitrogens is 2. The van der Waals surface area contributed by atoms with Crippen LogP contribution in [0.15, 0.2) is 18.2 Å². The molecule has 5 N–H and O–H groups in total. The van der Waals surface area contributed by atoms with Gasteiger partial charge in [-0.05, 0) is 62.8 Å². The summed E-state index contributed by atoms with van der Waals surface area (Å²) in [6, 6.07) is 6.56. The predicted molar refractivity (Wildman–Crippen MR) is 126 cm³/mol. The Hall–Kier alpha value is -2.71. The zero-order valence-corrected chi connectivity index (χ0v) is 18.8. The molecule has 2 atom stereocenters. The first-order valence-corrected chi connectivity index (χ1v) is 11.7. The van der Waals surface area contributed by atoms with Gasteiger partial charge in [0.2, 0.25) is 0 Å². The molecule has 3 aromatic rings. The zero-order valence-electron chi connectivity index (χ0n) is 17.9. The molecular weight excluding hydrogens is 408 g/mol. The summed E-state index contributed by atoms with van der Waals surface area (Å²) in [7, 11) is 0. The Morgan fingerprint density at radius 1 is 1.26 bits per heavy atom. The first kappa shape index (κ1) is 20.2. The molecule has 0 radical (unpaired) electrons. The number of anilines is 2. The van der Waals surface area contributed by atoms with Crippen LogP contribution >= 0.6 is 11.3 Å². The van der Waals surface area contributed by atoms with Crippen molar-refractivity contribution in [1.82, 2.24) is 15.3 Å². The van der Waals surface area contributed by atoms with E-state index in [9.17, 15) is 4.79 Å². The van der Waals surface area contributed by atoms with Crippen molar-refractivity contribution in [2.45, 2.75) is 51.6 Å². The molecule has 0 spiro atoms. The summed E-state index contributed by atoms with van der Waals surface area (Å²) in [4.78, 5) is 26.1. The molecule has 162 valence electrons. The van der Waals surface area contributed by atoms with Crippen LogP contribution in [0.25, 0.3) is 10.2 Å². The summed E-state index contributed by atoms with van der Waals surface area (Å²) in [5.41, 5.74) is 17.3. The Kier molecular flexibility index (Phi) is 5.06. The molecule has 0 aromatic carbocycles. The van der Waals surface area contributed by atoms with E-state index in [2.05, 4.69) is 27.3 Å². The standard InChI is InChI=1S/C23H28N6OS/c1-12-9-13(2)26-23-19(12)20(25)21(31-23)22(30)27-16-4-5-17-14(10-16)3-6-18(28-17)29-8-7-15(24)11-29/h3,6,9,15-16H,4-5,7-8,10-11,24-25H2,1-2H3,(H,27,30). The molecule has 2 unspecified atom stereocenters. The summed E-state index contributed by atoms with van der Waals surface area (Å²) < 4.78 is 0. The quantitative estimate of drug-likeness (QED) is 0.582. The van der Waals surface area contributed by atoms with Crippen LogP contribution in [-0.4, -0.2) is 41.0 Å². The number of nitrogens with one attached hydrogen (secondary N) is 1.